The first-order chi connectivity index (χ1) is 11.8. The van der Waals surface area contributed by atoms with Gasteiger partial charge in [-0.3, -0.25) is 4.79 Å². The van der Waals surface area contributed by atoms with Gasteiger partial charge in [0.15, 0.2) is 6.10 Å². The average molecular weight is 361 g/mol. The molecule has 1 N–H and O–H groups in total. The van der Waals surface area contributed by atoms with Crippen LogP contribution in [0.5, 0.6) is 0 Å². The monoisotopic (exact) mass is 360 g/mol. The molecule has 0 aliphatic heterocycles. The van der Waals surface area contributed by atoms with Crippen molar-refractivity contribution < 1.29 is 14.3 Å². The largest absolute Gasteiger partial charge is 0.449 e. The van der Waals surface area contributed by atoms with Gasteiger partial charge in [-0.1, -0.05) is 43.6 Å². The molecule has 0 aliphatic rings. The van der Waals surface area contributed by atoms with Crippen molar-refractivity contribution in [3.8, 4) is 0 Å². The third kappa shape index (κ3) is 4.57. The van der Waals surface area contributed by atoms with E-state index in [-0.39, 0.29) is 16.6 Å². The highest BCUT2D eigenvalue weighted by molar-refractivity contribution is 6.32. The SMILES string of the molecule is Cc1cccc(C(C)C)c1NC(=O)[C@@H](C)OC(=O)c1cccnc1Cl. The lowest BCUT2D eigenvalue weighted by molar-refractivity contribution is -0.123. The number of ether oxygens (including phenoxy) is 1. The Hall–Kier alpha value is -2.40. The molecule has 0 spiro atoms. The topological polar surface area (TPSA) is 68.3 Å². The number of pyridine rings is 1. The van der Waals surface area contributed by atoms with Crippen molar-refractivity contribution in [2.75, 3.05) is 5.32 Å². The second kappa shape index (κ2) is 8.12. The zero-order chi connectivity index (χ0) is 18.6. The highest BCUT2D eigenvalue weighted by Gasteiger charge is 2.22. The number of anilines is 1. The van der Waals surface area contributed by atoms with Gasteiger partial charge in [0.25, 0.3) is 5.91 Å². The van der Waals surface area contributed by atoms with Crippen molar-refractivity contribution >= 4 is 29.2 Å². The molecule has 1 atom stereocenters. The van der Waals surface area contributed by atoms with Crippen LogP contribution in [0.15, 0.2) is 36.5 Å². The molecule has 0 bridgehead atoms. The molecule has 0 aliphatic carbocycles. The van der Waals surface area contributed by atoms with Crippen LogP contribution in [0.25, 0.3) is 0 Å². The number of nitrogens with one attached hydrogen (secondary N) is 1. The van der Waals surface area contributed by atoms with Crippen LogP contribution in [0.3, 0.4) is 0 Å². The summed E-state index contributed by atoms with van der Waals surface area (Å²) in [7, 11) is 0. The van der Waals surface area contributed by atoms with E-state index < -0.39 is 18.0 Å². The van der Waals surface area contributed by atoms with Gasteiger partial charge in [0.05, 0.1) is 5.56 Å². The summed E-state index contributed by atoms with van der Waals surface area (Å²) in [6.45, 7) is 7.55. The van der Waals surface area contributed by atoms with Crippen molar-refractivity contribution in [2.24, 2.45) is 0 Å². The van der Waals surface area contributed by atoms with Gasteiger partial charge in [0.1, 0.15) is 5.15 Å². The van der Waals surface area contributed by atoms with Crippen molar-refractivity contribution in [1.82, 2.24) is 4.98 Å². The number of aryl methyl sites for hydroxylation is 1. The number of para-hydroxylation sites is 1. The molecule has 5 nitrogen and oxygen atoms in total. The number of nitrogens with zero attached hydrogens (tertiary/aromatic N) is 1. The summed E-state index contributed by atoms with van der Waals surface area (Å²) in [4.78, 5) is 28.4. The molecule has 2 rings (SSSR count). The van der Waals surface area contributed by atoms with Gasteiger partial charge in [0, 0.05) is 11.9 Å². The summed E-state index contributed by atoms with van der Waals surface area (Å²) in [5.41, 5.74) is 2.86. The van der Waals surface area contributed by atoms with E-state index in [1.807, 2.05) is 25.1 Å². The van der Waals surface area contributed by atoms with Gasteiger partial charge >= 0.3 is 5.97 Å². The van der Waals surface area contributed by atoms with Crippen LogP contribution >= 0.6 is 11.6 Å². The normalized spacial score (nSPS) is 11.9. The van der Waals surface area contributed by atoms with E-state index in [2.05, 4.69) is 24.1 Å². The van der Waals surface area contributed by atoms with E-state index in [9.17, 15) is 9.59 Å². The van der Waals surface area contributed by atoms with Crippen molar-refractivity contribution in [3.05, 3.63) is 58.4 Å². The van der Waals surface area contributed by atoms with Crippen LogP contribution in [0.2, 0.25) is 5.15 Å². The Labute approximate surface area is 152 Å². The van der Waals surface area contributed by atoms with E-state index in [0.717, 1.165) is 16.8 Å². The molecular weight excluding hydrogens is 340 g/mol. The number of hydrogen-bond acceptors (Lipinski definition) is 4. The van der Waals surface area contributed by atoms with Gasteiger partial charge in [-0.15, -0.1) is 0 Å². The molecule has 1 heterocycles. The Balaban J connectivity index is 2.12. The third-order valence-corrected chi connectivity index (χ3v) is 4.11. The molecular formula is C19H21ClN2O3. The fourth-order valence-electron chi connectivity index (χ4n) is 2.38. The van der Waals surface area contributed by atoms with Gasteiger partial charge in [-0.05, 0) is 43.0 Å². The second-order valence-electron chi connectivity index (χ2n) is 6.07. The number of aromatic nitrogens is 1. The summed E-state index contributed by atoms with van der Waals surface area (Å²) >= 11 is 5.88. The summed E-state index contributed by atoms with van der Waals surface area (Å²) in [5.74, 6) is -0.832. The Morgan fingerprint density at radius 1 is 1.16 bits per heavy atom. The molecule has 0 radical (unpaired) electrons. The van der Waals surface area contributed by atoms with Crippen LogP contribution < -0.4 is 5.32 Å². The lowest BCUT2D eigenvalue weighted by Gasteiger charge is -2.19. The number of esters is 1. The highest BCUT2D eigenvalue weighted by Crippen LogP contribution is 2.27. The molecule has 0 fully saturated rings. The minimum absolute atomic E-state index is 0.0427. The molecule has 1 aromatic carbocycles. The van der Waals surface area contributed by atoms with Gasteiger partial charge in [-0.2, -0.15) is 0 Å². The Bertz CT molecular complexity index is 790. The number of rotatable bonds is 5. The first-order valence-corrected chi connectivity index (χ1v) is 8.41. The average Bonchev–Trinajstić information content (AvgIpc) is 2.56. The van der Waals surface area contributed by atoms with Crippen LogP contribution in [0, 0.1) is 6.92 Å². The van der Waals surface area contributed by atoms with Crippen LogP contribution in [-0.4, -0.2) is 23.0 Å². The van der Waals surface area contributed by atoms with Crippen molar-refractivity contribution in [3.63, 3.8) is 0 Å². The summed E-state index contributed by atoms with van der Waals surface area (Å²) in [6.07, 6.45) is 0.504. The van der Waals surface area contributed by atoms with E-state index in [0.29, 0.717) is 0 Å². The lowest BCUT2D eigenvalue weighted by Crippen LogP contribution is -2.30. The zero-order valence-corrected chi connectivity index (χ0v) is 15.4. The number of hydrogen-bond donors (Lipinski definition) is 1. The first-order valence-electron chi connectivity index (χ1n) is 8.03. The summed E-state index contributed by atoms with van der Waals surface area (Å²) in [5, 5.41) is 2.91. The first kappa shape index (κ1) is 18.9. The standard InChI is InChI=1S/C19H21ClN2O3/c1-11(2)14-8-5-7-12(3)16(14)22-18(23)13(4)25-19(24)15-9-6-10-21-17(15)20/h5-11,13H,1-4H3,(H,22,23)/t13-/m1/s1. The summed E-state index contributed by atoms with van der Waals surface area (Å²) in [6, 6.07) is 8.93. The maximum Gasteiger partial charge on any atom is 0.342 e. The number of amides is 1. The summed E-state index contributed by atoms with van der Waals surface area (Å²) < 4.78 is 5.22. The molecule has 6 heteroatoms. The smallest absolute Gasteiger partial charge is 0.342 e. The zero-order valence-electron chi connectivity index (χ0n) is 14.7. The molecule has 25 heavy (non-hydrogen) atoms. The molecule has 1 amide bonds. The van der Waals surface area contributed by atoms with Crippen molar-refractivity contribution in [2.45, 2.75) is 39.7 Å². The van der Waals surface area contributed by atoms with Gasteiger partial charge < -0.3 is 10.1 Å². The molecule has 1 aromatic heterocycles. The third-order valence-electron chi connectivity index (χ3n) is 3.81. The van der Waals surface area contributed by atoms with Gasteiger partial charge in [-0.25, -0.2) is 9.78 Å². The van der Waals surface area contributed by atoms with E-state index in [4.69, 9.17) is 16.3 Å². The second-order valence-corrected chi connectivity index (χ2v) is 6.43. The number of halogens is 1. The quantitative estimate of drug-likeness (QED) is 0.635. The maximum atomic E-state index is 12.5. The van der Waals surface area contributed by atoms with E-state index in [1.54, 1.807) is 6.07 Å². The number of carbonyl (C=O) groups is 2. The maximum absolute atomic E-state index is 12.5. The molecule has 2 aromatic rings. The van der Waals surface area contributed by atoms with Crippen LogP contribution in [0.1, 0.15) is 48.2 Å². The molecule has 0 saturated carbocycles. The highest BCUT2D eigenvalue weighted by atomic mass is 35.5. The number of carbonyl (C=O) groups excluding carboxylic acids is 2. The fourth-order valence-corrected chi connectivity index (χ4v) is 2.58. The molecule has 0 unspecified atom stereocenters. The fraction of sp³-hybridized carbons (Fsp3) is 0.316. The minimum Gasteiger partial charge on any atom is -0.449 e. The van der Waals surface area contributed by atoms with Crippen molar-refractivity contribution in [1.29, 1.82) is 0 Å². The van der Waals surface area contributed by atoms with Crippen LogP contribution in [-0.2, 0) is 9.53 Å². The van der Waals surface area contributed by atoms with Gasteiger partial charge in [0.2, 0.25) is 0 Å². The van der Waals surface area contributed by atoms with E-state index in [1.165, 1.54) is 19.2 Å². The van der Waals surface area contributed by atoms with E-state index >= 15 is 0 Å². The Morgan fingerprint density at radius 2 is 1.88 bits per heavy atom. The Kier molecular flexibility index (Phi) is 6.15. The Morgan fingerprint density at radius 3 is 2.52 bits per heavy atom. The molecule has 132 valence electrons. The predicted octanol–water partition coefficient (Wildman–Crippen LogP) is 4.35. The minimum atomic E-state index is -0.969. The van der Waals surface area contributed by atoms with Crippen LogP contribution in [0.4, 0.5) is 5.69 Å². The predicted molar refractivity (Wildman–Crippen MR) is 98.0 cm³/mol. The molecule has 0 saturated heterocycles. The lowest BCUT2D eigenvalue weighted by atomic mass is 9.98. The number of benzene rings is 1.